The van der Waals surface area contributed by atoms with Crippen LogP contribution in [0, 0.1) is 0 Å². The van der Waals surface area contributed by atoms with Crippen LogP contribution in [0.15, 0.2) is 46.2 Å². The van der Waals surface area contributed by atoms with Gasteiger partial charge in [-0.3, -0.25) is 0 Å². The minimum atomic E-state index is -4.46. The van der Waals surface area contributed by atoms with Gasteiger partial charge in [0.25, 0.3) is 10.0 Å². The average molecular weight is 567 g/mol. The van der Waals surface area contributed by atoms with Gasteiger partial charge >= 0.3 is 24.1 Å². The number of carboxylic acid groups (broad SMARTS) is 2. The Morgan fingerprint density at radius 1 is 1.24 bits per heavy atom. The minimum absolute atomic E-state index is 0.0114. The van der Waals surface area contributed by atoms with Crippen LogP contribution in [0.5, 0.6) is 6.01 Å². The number of aryl methyl sites for hydroxylation is 2. The summed E-state index contributed by atoms with van der Waals surface area (Å²) in [5.74, 6) is -2.84. The second kappa shape index (κ2) is 14.4. The Balaban J connectivity index is 0.000000781. The molecule has 2 aromatic heterocycles. The number of imidazole rings is 1. The molecule has 0 spiro atoms. The molecule has 0 saturated carbocycles. The molecule has 0 amide bonds. The van der Waals surface area contributed by atoms with Crippen LogP contribution in [0.3, 0.4) is 0 Å². The maximum Gasteiger partial charge on any atom is 0.408 e. The van der Waals surface area contributed by atoms with Crippen LogP contribution in [-0.2, 0) is 33.2 Å². The molecule has 210 valence electrons. The number of carbonyl (C=O) groups is 2. The highest BCUT2D eigenvalue weighted by Crippen LogP contribution is 2.14. The zero-order valence-electron chi connectivity index (χ0n) is 20.0. The van der Waals surface area contributed by atoms with Crippen molar-refractivity contribution in [2.24, 2.45) is 22.2 Å². The van der Waals surface area contributed by atoms with Gasteiger partial charge in [0.05, 0.1) is 12.9 Å². The predicted octanol–water partition coefficient (Wildman–Crippen LogP) is -0.0533. The first-order valence-corrected chi connectivity index (χ1v) is 12.1. The van der Waals surface area contributed by atoms with Crippen LogP contribution >= 0.6 is 0 Å². The second-order valence-electron chi connectivity index (χ2n) is 7.10. The number of hydrogen-bond donors (Lipinski definition) is 4. The van der Waals surface area contributed by atoms with Crippen molar-refractivity contribution < 1.29 is 46.1 Å². The van der Waals surface area contributed by atoms with Gasteiger partial charge in [0.15, 0.2) is 5.96 Å². The number of guanidine groups is 1. The maximum atomic E-state index is 12.1. The van der Waals surface area contributed by atoms with Gasteiger partial charge in [-0.05, 0) is 12.5 Å². The van der Waals surface area contributed by atoms with E-state index in [2.05, 4.69) is 24.7 Å². The third-order valence-electron chi connectivity index (χ3n) is 3.75. The molecule has 0 atom stereocenters. The zero-order valence-corrected chi connectivity index (χ0v) is 20.8. The molecule has 2 rings (SSSR count). The molecule has 2 heterocycles. The van der Waals surface area contributed by atoms with E-state index in [0.29, 0.717) is 25.1 Å². The van der Waals surface area contributed by atoms with Gasteiger partial charge in [-0.25, -0.2) is 28.0 Å². The summed E-state index contributed by atoms with van der Waals surface area (Å²) in [5.41, 5.74) is 5.66. The number of aliphatic imine (C=N–C) groups is 1. The lowest BCUT2D eigenvalue weighted by molar-refractivity contribution is -0.134. The number of halogens is 3. The number of aromatic nitrogens is 4. The zero-order chi connectivity index (χ0) is 28.9. The summed E-state index contributed by atoms with van der Waals surface area (Å²) in [6, 6.07) is 1.38. The van der Waals surface area contributed by atoms with E-state index in [1.54, 1.807) is 28.6 Å². The van der Waals surface area contributed by atoms with Gasteiger partial charge in [0.2, 0.25) is 5.62 Å². The molecule has 0 aliphatic rings. The topological polar surface area (TPSA) is 216 Å². The molecular formula is C19H25F3N8O7S. The van der Waals surface area contributed by atoms with Crippen LogP contribution in [0.25, 0.3) is 0 Å². The normalized spacial score (nSPS) is 12.7. The van der Waals surface area contributed by atoms with Crippen molar-refractivity contribution in [3.63, 3.8) is 0 Å². The van der Waals surface area contributed by atoms with Crippen LogP contribution in [0.2, 0.25) is 0 Å². The van der Waals surface area contributed by atoms with Gasteiger partial charge in [0, 0.05) is 44.3 Å². The van der Waals surface area contributed by atoms with Crippen molar-refractivity contribution in [1.82, 2.24) is 19.1 Å². The molecule has 2 aromatic rings. The number of alkyl halides is 3. The first-order valence-electron chi connectivity index (χ1n) is 10.3. The molecule has 0 aliphatic carbocycles. The molecule has 38 heavy (non-hydrogen) atoms. The van der Waals surface area contributed by atoms with Crippen molar-refractivity contribution >= 4 is 33.7 Å². The lowest BCUT2D eigenvalue weighted by atomic mass is 10.4. The average Bonchev–Trinajstić information content (AvgIpc) is 3.12. The molecule has 19 heteroatoms. The number of aliphatic carboxylic acids is 2. The smallest absolute Gasteiger partial charge is 0.408 e. The van der Waals surface area contributed by atoms with Crippen molar-refractivity contribution in [3.05, 3.63) is 42.4 Å². The van der Waals surface area contributed by atoms with E-state index in [1.165, 1.54) is 12.3 Å². The number of anilines is 1. The number of nitrogens with zero attached hydrogens (tertiary/aromatic N) is 6. The van der Waals surface area contributed by atoms with E-state index in [4.69, 9.17) is 20.7 Å². The first kappa shape index (κ1) is 31.6. The van der Waals surface area contributed by atoms with Crippen LogP contribution in [0.1, 0.15) is 6.42 Å². The van der Waals surface area contributed by atoms with Gasteiger partial charge in [-0.1, -0.05) is 0 Å². The number of nitrogens with two attached hydrogens (primary N) is 1. The highest BCUT2D eigenvalue weighted by atomic mass is 32.2. The quantitative estimate of drug-likeness (QED) is 0.129. The molecule has 5 N–H and O–H groups in total. The molecule has 0 aromatic carbocycles. The summed E-state index contributed by atoms with van der Waals surface area (Å²) in [7, 11) is -1.88. The minimum Gasteiger partial charge on any atom is -0.478 e. The van der Waals surface area contributed by atoms with E-state index in [-0.39, 0.29) is 24.1 Å². The number of sulfonamides is 1. The Bertz CT molecular complexity index is 1320. The fourth-order valence-electron chi connectivity index (χ4n) is 2.32. The summed E-state index contributed by atoms with van der Waals surface area (Å²) >= 11 is 0. The third kappa shape index (κ3) is 14.2. The van der Waals surface area contributed by atoms with E-state index in [1.807, 2.05) is 0 Å². The third-order valence-corrected chi connectivity index (χ3v) is 4.25. The molecule has 0 bridgehead atoms. The SMILES string of the molecule is Cn1ccn(CCCOc2nccc(NC(N)=NCC(F)(F)F)n2)c1=NS(C)(=O)=O.O=C(O)/C=C\C(=O)O. The fourth-order valence-corrected chi connectivity index (χ4v) is 2.85. The lowest BCUT2D eigenvalue weighted by Gasteiger charge is -2.08. The fraction of sp³-hybridized carbons (Fsp3) is 0.368. The Morgan fingerprint density at radius 3 is 2.42 bits per heavy atom. The van der Waals surface area contributed by atoms with Gasteiger partial charge in [0.1, 0.15) is 12.4 Å². The number of carboxylic acids is 2. The first-order chi connectivity index (χ1) is 17.6. The maximum absolute atomic E-state index is 12.1. The number of nitrogens with one attached hydrogen (secondary N) is 1. The van der Waals surface area contributed by atoms with Gasteiger partial charge in [-0.15, -0.1) is 4.40 Å². The summed E-state index contributed by atoms with van der Waals surface area (Å²) in [5, 5.41) is 18.0. The van der Waals surface area contributed by atoms with E-state index in [9.17, 15) is 31.2 Å². The highest BCUT2D eigenvalue weighted by molar-refractivity contribution is 7.89. The van der Waals surface area contributed by atoms with Crippen molar-refractivity contribution in [2.75, 3.05) is 24.7 Å². The van der Waals surface area contributed by atoms with Gasteiger partial charge in [-0.2, -0.15) is 18.2 Å². The largest absolute Gasteiger partial charge is 0.478 e. The summed E-state index contributed by atoms with van der Waals surface area (Å²) in [6.45, 7) is -0.795. The molecular weight excluding hydrogens is 541 g/mol. The summed E-state index contributed by atoms with van der Waals surface area (Å²) in [4.78, 5) is 30.2. The summed E-state index contributed by atoms with van der Waals surface area (Å²) < 4.78 is 71.6. The molecule has 0 fully saturated rings. The highest BCUT2D eigenvalue weighted by Gasteiger charge is 2.26. The predicted molar refractivity (Wildman–Crippen MR) is 127 cm³/mol. The Hall–Kier alpha value is -4.42. The number of rotatable bonds is 10. The van der Waals surface area contributed by atoms with Crippen LogP contribution < -0.4 is 21.4 Å². The van der Waals surface area contributed by atoms with Crippen LogP contribution in [-0.4, -0.2) is 81.2 Å². The van der Waals surface area contributed by atoms with Crippen molar-refractivity contribution in [1.29, 1.82) is 0 Å². The second-order valence-corrected chi connectivity index (χ2v) is 8.75. The van der Waals surface area contributed by atoms with E-state index in [0.717, 1.165) is 6.26 Å². The molecule has 0 saturated heterocycles. The number of hydrogen-bond acceptors (Lipinski definition) is 8. The molecule has 0 aliphatic heterocycles. The Morgan fingerprint density at radius 2 is 1.87 bits per heavy atom. The number of ether oxygens (including phenoxy) is 1. The summed E-state index contributed by atoms with van der Waals surface area (Å²) in [6.07, 6.45) is 2.85. The Labute approximate surface area is 213 Å². The van der Waals surface area contributed by atoms with E-state index >= 15 is 0 Å². The van der Waals surface area contributed by atoms with E-state index < -0.39 is 40.6 Å². The standard InChI is InChI=1S/C15H21F3N8O3S.C4H4O4/c1-25-7-8-26(14(25)24-30(2,27)28)6-3-9-29-13-20-5-4-11(23-13)22-12(19)21-10-15(16,17)18;5-3(6)1-2-4(7)8/h4-5,7-8H,3,6,9-10H2,1-2H3,(H3,19,20,21,22,23);1-2H,(H,5,6)(H,7,8)/b;2-1-. The lowest BCUT2D eigenvalue weighted by Crippen LogP contribution is -2.26. The van der Waals surface area contributed by atoms with Crippen molar-refractivity contribution in [3.8, 4) is 6.01 Å². The molecule has 0 unspecified atom stereocenters. The van der Waals surface area contributed by atoms with Gasteiger partial charge < -0.3 is 35.1 Å². The van der Waals surface area contributed by atoms with Crippen molar-refractivity contribution in [2.45, 2.75) is 19.1 Å². The molecule has 15 nitrogen and oxygen atoms in total. The van der Waals surface area contributed by atoms with Crippen LogP contribution in [0.4, 0.5) is 19.0 Å². The monoisotopic (exact) mass is 566 g/mol. The molecule has 0 radical (unpaired) electrons. The Kier molecular flexibility index (Phi) is 11.9.